The maximum absolute atomic E-state index is 13.2. The molecule has 192 valence electrons. The lowest BCUT2D eigenvalue weighted by Crippen LogP contribution is -2.48. The van der Waals surface area contributed by atoms with Crippen molar-refractivity contribution in [2.45, 2.75) is 30.8 Å². The summed E-state index contributed by atoms with van der Waals surface area (Å²) in [4.78, 5) is 42.5. The Morgan fingerprint density at radius 3 is 2.37 bits per heavy atom. The van der Waals surface area contributed by atoms with Crippen molar-refractivity contribution in [2.24, 2.45) is 0 Å². The number of carboxylic acid groups (broad SMARTS) is 1. The second kappa shape index (κ2) is 9.70. The first-order valence-electron chi connectivity index (χ1n) is 12.7. The summed E-state index contributed by atoms with van der Waals surface area (Å²) in [7, 11) is 0. The highest BCUT2D eigenvalue weighted by Gasteiger charge is 2.40. The molecule has 6 rings (SSSR count). The summed E-state index contributed by atoms with van der Waals surface area (Å²) < 4.78 is 5.59. The quantitative estimate of drug-likeness (QED) is 0.344. The second-order valence-electron chi connectivity index (χ2n) is 9.76. The molecule has 1 aliphatic heterocycles. The number of amides is 2. The van der Waals surface area contributed by atoms with Crippen molar-refractivity contribution in [2.75, 3.05) is 13.2 Å². The Kier molecular flexibility index (Phi) is 6.07. The smallest absolute Gasteiger partial charge is 0.407 e. The minimum Gasteiger partial charge on any atom is -0.480 e. The fourth-order valence-electron chi connectivity index (χ4n) is 5.77. The van der Waals surface area contributed by atoms with Crippen LogP contribution in [0.15, 0.2) is 79.0 Å². The molecule has 8 nitrogen and oxygen atoms in total. The average Bonchev–Trinajstić information content (AvgIpc) is 3.60. The van der Waals surface area contributed by atoms with Crippen molar-refractivity contribution in [3.63, 3.8) is 0 Å². The number of aliphatic carboxylic acids is 1. The third kappa shape index (κ3) is 4.18. The molecule has 0 radical (unpaired) electrons. The molecule has 8 heteroatoms. The van der Waals surface area contributed by atoms with Crippen LogP contribution in [0.3, 0.4) is 0 Å². The molecule has 38 heavy (non-hydrogen) atoms. The number of carbonyl (C=O) groups excluding carboxylic acids is 2. The molecule has 2 atom stereocenters. The van der Waals surface area contributed by atoms with Crippen molar-refractivity contribution in [3.8, 4) is 11.1 Å². The third-order valence-electron chi connectivity index (χ3n) is 7.63. The van der Waals surface area contributed by atoms with E-state index in [-0.39, 0.29) is 25.5 Å². The van der Waals surface area contributed by atoms with Crippen molar-refractivity contribution in [1.29, 1.82) is 0 Å². The van der Waals surface area contributed by atoms with Crippen LogP contribution in [0.4, 0.5) is 4.79 Å². The third-order valence-corrected chi connectivity index (χ3v) is 7.63. The molecule has 3 aromatic carbocycles. The number of rotatable bonds is 7. The monoisotopic (exact) mass is 509 g/mol. The van der Waals surface area contributed by atoms with Gasteiger partial charge < -0.3 is 25.0 Å². The number of para-hydroxylation sites is 1. The summed E-state index contributed by atoms with van der Waals surface area (Å²) in [6.07, 6.45) is 1.59. The van der Waals surface area contributed by atoms with Gasteiger partial charge in [-0.1, -0.05) is 66.7 Å². The normalized spacial score (nSPS) is 17.3. The van der Waals surface area contributed by atoms with E-state index in [9.17, 15) is 19.5 Å². The first-order chi connectivity index (χ1) is 18.5. The molecule has 0 saturated carbocycles. The van der Waals surface area contributed by atoms with Crippen LogP contribution < -0.4 is 5.32 Å². The van der Waals surface area contributed by atoms with Crippen LogP contribution in [0.1, 0.15) is 29.0 Å². The highest BCUT2D eigenvalue weighted by Crippen LogP contribution is 2.44. The van der Waals surface area contributed by atoms with Crippen LogP contribution in [0.5, 0.6) is 0 Å². The van der Waals surface area contributed by atoms with Gasteiger partial charge in [0.25, 0.3) is 0 Å². The van der Waals surface area contributed by atoms with Crippen molar-refractivity contribution in [1.82, 2.24) is 15.2 Å². The average molecular weight is 510 g/mol. The molecule has 0 bridgehead atoms. The summed E-state index contributed by atoms with van der Waals surface area (Å²) in [6.45, 7) is 0.384. The van der Waals surface area contributed by atoms with E-state index >= 15 is 0 Å². The lowest BCUT2D eigenvalue weighted by Gasteiger charge is -2.24. The van der Waals surface area contributed by atoms with Gasteiger partial charge in [-0.15, -0.1) is 0 Å². The molecule has 2 amide bonds. The molecule has 0 spiro atoms. The number of H-pyrrole nitrogens is 1. The van der Waals surface area contributed by atoms with Gasteiger partial charge in [0.05, 0.1) is 0 Å². The number of nitrogens with one attached hydrogen (secondary N) is 2. The Labute approximate surface area is 219 Å². The van der Waals surface area contributed by atoms with E-state index in [4.69, 9.17) is 4.74 Å². The summed E-state index contributed by atoms with van der Waals surface area (Å²) in [5.74, 6) is -1.58. The van der Waals surface area contributed by atoms with Crippen LogP contribution in [0.2, 0.25) is 0 Å². The Morgan fingerprint density at radius 2 is 1.66 bits per heavy atom. The van der Waals surface area contributed by atoms with Crippen molar-refractivity contribution in [3.05, 3.63) is 95.7 Å². The van der Waals surface area contributed by atoms with Gasteiger partial charge in [-0.05, 0) is 40.3 Å². The summed E-state index contributed by atoms with van der Waals surface area (Å²) in [5, 5.41) is 13.5. The molecule has 1 aromatic heterocycles. The van der Waals surface area contributed by atoms with Gasteiger partial charge in [0.1, 0.15) is 18.7 Å². The minimum absolute atomic E-state index is 0.0866. The fourth-order valence-corrected chi connectivity index (χ4v) is 5.77. The number of fused-ring (bicyclic) bond motifs is 4. The minimum atomic E-state index is -1.08. The van der Waals surface area contributed by atoms with Gasteiger partial charge in [-0.25, -0.2) is 9.59 Å². The van der Waals surface area contributed by atoms with Crippen LogP contribution in [-0.2, 0) is 20.7 Å². The largest absolute Gasteiger partial charge is 0.480 e. The first kappa shape index (κ1) is 23.8. The zero-order chi connectivity index (χ0) is 26.2. The number of hydrogen-bond acceptors (Lipinski definition) is 4. The lowest BCUT2D eigenvalue weighted by molar-refractivity contribution is -0.148. The summed E-state index contributed by atoms with van der Waals surface area (Å²) in [5.41, 5.74) is 6.21. The Morgan fingerprint density at radius 1 is 1.00 bits per heavy atom. The molecule has 4 aromatic rings. The van der Waals surface area contributed by atoms with Gasteiger partial charge in [0.2, 0.25) is 5.91 Å². The zero-order valence-corrected chi connectivity index (χ0v) is 20.6. The Balaban J connectivity index is 1.10. The highest BCUT2D eigenvalue weighted by molar-refractivity contribution is 5.92. The van der Waals surface area contributed by atoms with E-state index in [1.54, 1.807) is 6.20 Å². The van der Waals surface area contributed by atoms with Crippen LogP contribution >= 0.6 is 0 Å². The SMILES string of the molecule is O=C(N[C@H]1CCN([C@@H](Cc2c[nH]c3ccccc23)C(=O)O)C1=O)OCC1c2ccccc2-c2ccccc21. The molecule has 3 N–H and O–H groups in total. The Hall–Kier alpha value is -4.59. The van der Waals surface area contributed by atoms with E-state index in [1.807, 2.05) is 60.7 Å². The number of aromatic amines is 1. The number of likely N-dealkylation sites (tertiary alicyclic amines) is 1. The molecule has 0 unspecified atom stereocenters. The van der Waals surface area contributed by atoms with E-state index in [2.05, 4.69) is 22.4 Å². The molecular formula is C30H27N3O5. The molecule has 2 heterocycles. The maximum atomic E-state index is 13.2. The predicted molar refractivity (Wildman–Crippen MR) is 142 cm³/mol. The fraction of sp³-hybridized carbons (Fsp3) is 0.233. The lowest BCUT2D eigenvalue weighted by atomic mass is 9.98. The van der Waals surface area contributed by atoms with E-state index in [1.165, 1.54) is 4.90 Å². The standard InChI is InChI=1S/C30H27N3O5/c34-28-26(13-14-33(28)27(29(35)36)15-18-16-31-25-12-6-5-7-19(18)25)32-30(37)38-17-24-22-10-3-1-8-20(22)21-9-2-4-11-23(21)24/h1-12,16,24,26-27,31H,13-15,17H2,(H,32,37)(H,35,36)/t26-,27-/m0/s1. The molecule has 1 aliphatic carbocycles. The van der Waals surface area contributed by atoms with Crippen LogP contribution in [0, 0.1) is 0 Å². The van der Waals surface area contributed by atoms with E-state index < -0.39 is 30.1 Å². The van der Waals surface area contributed by atoms with Gasteiger partial charge in [0.15, 0.2) is 0 Å². The second-order valence-corrected chi connectivity index (χ2v) is 9.76. The summed E-state index contributed by atoms with van der Waals surface area (Å²) in [6, 6.07) is 21.9. The number of nitrogens with zero attached hydrogens (tertiary/aromatic N) is 1. The van der Waals surface area contributed by atoms with Gasteiger partial charge in [-0.2, -0.15) is 0 Å². The van der Waals surface area contributed by atoms with Crippen LogP contribution in [-0.4, -0.2) is 58.2 Å². The zero-order valence-electron chi connectivity index (χ0n) is 20.6. The molecule has 1 fully saturated rings. The van der Waals surface area contributed by atoms with E-state index in [0.717, 1.165) is 38.7 Å². The number of carboxylic acids is 1. The molecule has 2 aliphatic rings. The van der Waals surface area contributed by atoms with Crippen LogP contribution in [0.25, 0.3) is 22.0 Å². The van der Waals surface area contributed by atoms with Crippen molar-refractivity contribution >= 4 is 28.9 Å². The topological polar surface area (TPSA) is 112 Å². The summed E-state index contributed by atoms with van der Waals surface area (Å²) >= 11 is 0. The number of benzene rings is 3. The number of alkyl carbamates (subject to hydrolysis) is 1. The first-order valence-corrected chi connectivity index (χ1v) is 12.7. The predicted octanol–water partition coefficient (Wildman–Crippen LogP) is 4.30. The molecule has 1 saturated heterocycles. The maximum Gasteiger partial charge on any atom is 0.407 e. The number of aromatic nitrogens is 1. The number of hydrogen-bond donors (Lipinski definition) is 3. The van der Waals surface area contributed by atoms with Crippen molar-refractivity contribution < 1.29 is 24.2 Å². The van der Waals surface area contributed by atoms with Gasteiger partial charge >= 0.3 is 12.1 Å². The Bertz CT molecular complexity index is 1500. The van der Waals surface area contributed by atoms with E-state index in [0.29, 0.717) is 6.42 Å². The van der Waals surface area contributed by atoms with Gasteiger partial charge in [-0.3, -0.25) is 4.79 Å². The van der Waals surface area contributed by atoms with Gasteiger partial charge in [0, 0.05) is 36.0 Å². The molecular weight excluding hydrogens is 482 g/mol. The number of ether oxygens (including phenoxy) is 1. The number of carbonyl (C=O) groups is 3. The highest BCUT2D eigenvalue weighted by atomic mass is 16.5.